The number of piperidine rings is 1. The van der Waals surface area contributed by atoms with Crippen LogP contribution in [0.3, 0.4) is 0 Å². The molecule has 0 saturated carbocycles. The van der Waals surface area contributed by atoms with E-state index in [0.717, 1.165) is 86.5 Å². The van der Waals surface area contributed by atoms with E-state index in [-0.39, 0.29) is 35.1 Å². The summed E-state index contributed by atoms with van der Waals surface area (Å²) >= 11 is 0. The van der Waals surface area contributed by atoms with Gasteiger partial charge in [-0.05, 0) is 84.0 Å². The monoisotopic (exact) mass is 650 g/mol. The fraction of sp³-hybridized carbons (Fsp3) is 0.359. The van der Waals surface area contributed by atoms with Crippen LogP contribution in [0.2, 0.25) is 0 Å². The molecule has 248 valence electrons. The number of rotatable bonds is 6. The van der Waals surface area contributed by atoms with E-state index in [2.05, 4.69) is 32.1 Å². The van der Waals surface area contributed by atoms with Crippen molar-refractivity contribution in [2.75, 3.05) is 62.2 Å². The van der Waals surface area contributed by atoms with Crippen LogP contribution in [0.25, 0.3) is 0 Å². The number of carbonyl (C=O) groups is 1. The van der Waals surface area contributed by atoms with E-state index < -0.39 is 0 Å². The van der Waals surface area contributed by atoms with Crippen molar-refractivity contribution in [1.29, 1.82) is 0 Å². The lowest BCUT2D eigenvalue weighted by Crippen LogP contribution is -2.49. The lowest BCUT2D eigenvalue weighted by Gasteiger charge is -2.40. The first-order chi connectivity index (χ1) is 23.4. The van der Waals surface area contributed by atoms with Crippen LogP contribution in [0.4, 0.5) is 20.2 Å². The number of nitrogens with zero attached hydrogens (tertiary/aromatic N) is 3. The van der Waals surface area contributed by atoms with E-state index in [0.29, 0.717) is 30.5 Å². The number of hydrogen-bond acceptors (Lipinski definition) is 6. The van der Waals surface area contributed by atoms with Gasteiger partial charge in [-0.15, -0.1) is 0 Å². The van der Waals surface area contributed by atoms with Crippen molar-refractivity contribution in [3.05, 3.63) is 118 Å². The summed E-state index contributed by atoms with van der Waals surface area (Å²) in [7, 11) is 0. The highest BCUT2D eigenvalue weighted by Crippen LogP contribution is 2.47. The molecule has 4 aliphatic rings. The molecule has 0 radical (unpaired) electrons. The minimum Gasteiger partial charge on any atom is -0.508 e. The Balaban J connectivity index is 0.903. The number of fused-ring (bicyclic) bond motifs is 2. The second-order valence-electron chi connectivity index (χ2n) is 13.6. The standard InChI is InChI=1S/C39H40F2N4O3/c40-29-4-1-26(2-5-29)34-24-48-37-21-31(46)7-9-33(37)38(34)27-3-10-36(35(41)20-27)45-13-11-25(12-14-45)23-43-15-17-44(18-16-43)30-6-8-32-28(19-30)22-42-39(32)47/h1-10,19-21,25,34,38,46H,11-18,22-24H2,(H,42,47)/t34-,38-/m1/s1. The third-order valence-electron chi connectivity index (χ3n) is 10.8. The van der Waals surface area contributed by atoms with Crippen molar-refractivity contribution < 1.29 is 23.4 Å². The first-order valence-corrected chi connectivity index (χ1v) is 17.0. The number of amides is 1. The van der Waals surface area contributed by atoms with Crippen molar-refractivity contribution in [1.82, 2.24) is 10.2 Å². The molecule has 0 unspecified atom stereocenters. The zero-order chi connectivity index (χ0) is 32.8. The molecule has 4 heterocycles. The third-order valence-corrected chi connectivity index (χ3v) is 10.8. The largest absolute Gasteiger partial charge is 0.508 e. The predicted molar refractivity (Wildman–Crippen MR) is 182 cm³/mol. The quantitative estimate of drug-likeness (QED) is 0.257. The molecule has 4 aromatic rings. The van der Waals surface area contributed by atoms with Crippen LogP contribution in [-0.2, 0) is 6.54 Å². The zero-order valence-electron chi connectivity index (χ0n) is 26.9. The minimum absolute atomic E-state index is 0.0209. The second-order valence-corrected chi connectivity index (χ2v) is 13.6. The second kappa shape index (κ2) is 12.8. The van der Waals surface area contributed by atoms with E-state index in [1.165, 1.54) is 17.8 Å². The van der Waals surface area contributed by atoms with E-state index in [4.69, 9.17) is 4.74 Å². The summed E-state index contributed by atoms with van der Waals surface area (Å²) < 4.78 is 35.8. The summed E-state index contributed by atoms with van der Waals surface area (Å²) in [5.74, 6) is 0.422. The highest BCUT2D eigenvalue weighted by molar-refractivity contribution is 5.98. The summed E-state index contributed by atoms with van der Waals surface area (Å²) in [6.07, 6.45) is 2.05. The van der Waals surface area contributed by atoms with Gasteiger partial charge < -0.3 is 25.0 Å². The van der Waals surface area contributed by atoms with Gasteiger partial charge in [-0.2, -0.15) is 0 Å². The Hall–Kier alpha value is -4.63. The zero-order valence-corrected chi connectivity index (χ0v) is 26.9. The Labute approximate surface area is 279 Å². The molecule has 4 aliphatic heterocycles. The number of hydrogen-bond donors (Lipinski definition) is 2. The molecule has 4 aromatic carbocycles. The maximum atomic E-state index is 16.0. The Kier molecular flexibility index (Phi) is 8.16. The van der Waals surface area contributed by atoms with Crippen molar-refractivity contribution in [2.24, 2.45) is 5.92 Å². The molecular weight excluding hydrogens is 610 g/mol. The third kappa shape index (κ3) is 5.96. The molecule has 2 saturated heterocycles. The molecule has 2 N–H and O–H groups in total. The topological polar surface area (TPSA) is 68.3 Å². The number of piperazine rings is 1. The van der Waals surface area contributed by atoms with Gasteiger partial charge in [0.1, 0.15) is 23.1 Å². The lowest BCUT2D eigenvalue weighted by atomic mass is 9.75. The molecular formula is C39H40F2N4O3. The van der Waals surface area contributed by atoms with Crippen LogP contribution in [0, 0.1) is 17.6 Å². The van der Waals surface area contributed by atoms with Gasteiger partial charge >= 0.3 is 0 Å². The van der Waals surface area contributed by atoms with Gasteiger partial charge in [0.15, 0.2) is 0 Å². The van der Waals surface area contributed by atoms with Gasteiger partial charge in [0, 0.05) is 87.1 Å². The number of carbonyl (C=O) groups excluding carboxylic acids is 1. The fourth-order valence-electron chi connectivity index (χ4n) is 8.11. The average molecular weight is 651 g/mol. The van der Waals surface area contributed by atoms with Crippen molar-refractivity contribution in [3.8, 4) is 11.5 Å². The van der Waals surface area contributed by atoms with Gasteiger partial charge in [0.05, 0.1) is 12.3 Å². The number of halogens is 2. The number of nitrogens with one attached hydrogen (secondary N) is 1. The van der Waals surface area contributed by atoms with Crippen LogP contribution < -0.4 is 19.9 Å². The molecule has 0 spiro atoms. The van der Waals surface area contributed by atoms with Gasteiger partial charge in [0.2, 0.25) is 0 Å². The number of anilines is 2. The highest BCUT2D eigenvalue weighted by atomic mass is 19.1. The Morgan fingerprint density at radius 3 is 2.35 bits per heavy atom. The van der Waals surface area contributed by atoms with E-state index in [1.807, 2.05) is 24.3 Å². The smallest absolute Gasteiger partial charge is 0.251 e. The molecule has 2 atom stereocenters. The average Bonchev–Trinajstić information content (AvgIpc) is 3.48. The summed E-state index contributed by atoms with van der Waals surface area (Å²) in [6.45, 7) is 7.62. The number of benzene rings is 4. The predicted octanol–water partition coefficient (Wildman–Crippen LogP) is 6.26. The first kappa shape index (κ1) is 30.7. The Morgan fingerprint density at radius 2 is 1.58 bits per heavy atom. The van der Waals surface area contributed by atoms with Gasteiger partial charge in [-0.1, -0.05) is 24.3 Å². The molecule has 0 bridgehead atoms. The number of phenols is 1. The van der Waals surface area contributed by atoms with Crippen molar-refractivity contribution in [2.45, 2.75) is 31.2 Å². The Morgan fingerprint density at radius 1 is 0.812 bits per heavy atom. The number of phenolic OH excluding ortho intramolecular Hbond substituents is 1. The number of aromatic hydroxyl groups is 1. The van der Waals surface area contributed by atoms with Gasteiger partial charge in [-0.25, -0.2) is 8.78 Å². The first-order valence-electron chi connectivity index (χ1n) is 17.0. The molecule has 9 heteroatoms. The summed E-state index contributed by atoms with van der Waals surface area (Å²) in [5, 5.41) is 13.0. The molecule has 8 rings (SSSR count). The van der Waals surface area contributed by atoms with Crippen molar-refractivity contribution >= 4 is 17.3 Å². The van der Waals surface area contributed by atoms with Crippen LogP contribution >= 0.6 is 0 Å². The maximum absolute atomic E-state index is 16.0. The molecule has 7 nitrogen and oxygen atoms in total. The lowest BCUT2D eigenvalue weighted by molar-refractivity contribution is 0.0965. The van der Waals surface area contributed by atoms with E-state index in [1.54, 1.807) is 30.3 Å². The molecule has 0 aromatic heterocycles. The molecule has 0 aliphatic carbocycles. The van der Waals surface area contributed by atoms with Crippen LogP contribution in [-0.4, -0.2) is 68.3 Å². The molecule has 1 amide bonds. The summed E-state index contributed by atoms with van der Waals surface area (Å²) in [4.78, 5) is 19.1. The molecule has 48 heavy (non-hydrogen) atoms. The normalized spacial score (nSPS) is 21.4. The Bertz CT molecular complexity index is 1820. The maximum Gasteiger partial charge on any atom is 0.251 e. The van der Waals surface area contributed by atoms with Gasteiger partial charge in [0.25, 0.3) is 5.91 Å². The van der Waals surface area contributed by atoms with Crippen LogP contribution in [0.1, 0.15) is 57.3 Å². The van der Waals surface area contributed by atoms with E-state index >= 15 is 4.39 Å². The van der Waals surface area contributed by atoms with Crippen molar-refractivity contribution in [3.63, 3.8) is 0 Å². The SMILES string of the molecule is O=C1NCc2cc(N3CCN(CC4CCN(c5ccc([C@@H]6c7ccc(O)cc7OC[C@@H]6c6ccc(F)cc6)cc5F)CC4)CC3)ccc21. The fourth-order valence-corrected chi connectivity index (χ4v) is 8.11. The van der Waals surface area contributed by atoms with E-state index in [9.17, 15) is 14.3 Å². The summed E-state index contributed by atoms with van der Waals surface area (Å²) in [5.41, 5.74) is 6.34. The number of ether oxygens (including phenoxy) is 1. The minimum atomic E-state index is -0.303. The summed E-state index contributed by atoms with van der Waals surface area (Å²) in [6, 6.07) is 23.3. The highest BCUT2D eigenvalue weighted by Gasteiger charge is 2.35. The van der Waals surface area contributed by atoms with Gasteiger partial charge in [-0.3, -0.25) is 9.69 Å². The molecule has 2 fully saturated rings. The van der Waals surface area contributed by atoms with Crippen LogP contribution in [0.15, 0.2) is 78.9 Å². The van der Waals surface area contributed by atoms with Crippen LogP contribution in [0.5, 0.6) is 11.5 Å².